The van der Waals surface area contributed by atoms with Crippen LogP contribution in [-0.2, 0) is 22.7 Å². The lowest BCUT2D eigenvalue weighted by atomic mass is 10.1. The van der Waals surface area contributed by atoms with Crippen molar-refractivity contribution < 1.29 is 36.6 Å². The molecule has 46 heavy (non-hydrogen) atoms. The normalized spacial score (nSPS) is 14.2. The van der Waals surface area contributed by atoms with E-state index in [9.17, 15) is 22.8 Å². The number of carbonyl (C=O) groups is 2. The van der Waals surface area contributed by atoms with Crippen LogP contribution in [0.3, 0.4) is 0 Å². The monoisotopic (exact) mass is 657 g/mol. The molecule has 1 N–H and O–H groups in total. The SMILES string of the molecule is COCc1ccc(C)cc1N1C(=O)CS/C1=N\C(=O)Nc1ccc(CN(C)c2ncn(-c3ccc(OC(F)(F)F)cc3)n2)cc1F. The standard InChI is InChI=1S/C30H27F4N7O4S/c1-18-4-6-20(15-44-3)25(12-18)41-26(42)16-46-29(41)37-28(43)36-24-11-5-19(13-23(24)31)14-39(2)27-35-17-40(38-27)21-7-9-22(10-8-21)45-30(32,33)34/h4-13,17H,14-16H2,1-3H3,(H,36,43)/b37-29-. The minimum atomic E-state index is -4.79. The molecule has 0 unspecified atom stereocenters. The van der Waals surface area contributed by atoms with Gasteiger partial charge >= 0.3 is 12.4 Å². The number of urea groups is 1. The van der Waals surface area contributed by atoms with E-state index in [0.717, 1.165) is 35.0 Å². The molecule has 0 saturated carbocycles. The van der Waals surface area contributed by atoms with Crippen molar-refractivity contribution in [1.82, 2.24) is 14.8 Å². The number of aryl methyl sites for hydroxylation is 1. The minimum Gasteiger partial charge on any atom is -0.406 e. The number of aliphatic imine (C=N–C) groups is 1. The summed E-state index contributed by atoms with van der Waals surface area (Å²) in [6, 6.07) is 14.1. The maximum absolute atomic E-state index is 15.0. The number of hydrogen-bond acceptors (Lipinski definition) is 8. The first-order valence-corrected chi connectivity index (χ1v) is 14.6. The molecule has 1 aromatic heterocycles. The Kier molecular flexibility index (Phi) is 9.57. The van der Waals surface area contributed by atoms with Crippen LogP contribution in [0.4, 0.5) is 39.7 Å². The Labute approximate surface area is 264 Å². The van der Waals surface area contributed by atoms with Gasteiger partial charge in [0.15, 0.2) is 5.17 Å². The van der Waals surface area contributed by atoms with Crippen molar-refractivity contribution in [2.75, 3.05) is 35.0 Å². The summed E-state index contributed by atoms with van der Waals surface area (Å²) in [4.78, 5) is 36.8. The zero-order valence-electron chi connectivity index (χ0n) is 24.7. The van der Waals surface area contributed by atoms with E-state index in [1.54, 1.807) is 25.1 Å². The van der Waals surface area contributed by atoms with Crippen LogP contribution < -0.4 is 19.9 Å². The number of alkyl halides is 3. The van der Waals surface area contributed by atoms with Gasteiger partial charge in [-0.15, -0.1) is 18.3 Å². The average Bonchev–Trinajstić information content (AvgIpc) is 3.62. The lowest BCUT2D eigenvalue weighted by molar-refractivity contribution is -0.274. The number of benzene rings is 3. The lowest BCUT2D eigenvalue weighted by Crippen LogP contribution is -2.31. The second-order valence-electron chi connectivity index (χ2n) is 10.1. The molecule has 5 rings (SSSR count). The van der Waals surface area contributed by atoms with Crippen molar-refractivity contribution in [3.05, 3.63) is 89.5 Å². The van der Waals surface area contributed by atoms with E-state index in [2.05, 4.69) is 25.1 Å². The molecule has 2 heterocycles. The molecule has 16 heteroatoms. The molecule has 0 aliphatic carbocycles. The van der Waals surface area contributed by atoms with Crippen LogP contribution in [-0.4, -0.2) is 58.1 Å². The summed E-state index contributed by atoms with van der Waals surface area (Å²) in [5, 5.41) is 6.93. The van der Waals surface area contributed by atoms with Gasteiger partial charge in [0.25, 0.3) is 0 Å². The number of anilines is 3. The number of ether oxygens (including phenoxy) is 2. The van der Waals surface area contributed by atoms with Gasteiger partial charge in [-0.3, -0.25) is 9.69 Å². The van der Waals surface area contributed by atoms with Gasteiger partial charge in [-0.1, -0.05) is 30.0 Å². The number of amidine groups is 1. The number of thioether (sulfide) groups is 1. The summed E-state index contributed by atoms with van der Waals surface area (Å²) >= 11 is 1.10. The molecular formula is C30H27F4N7O4S. The number of nitrogens with zero attached hydrogens (tertiary/aromatic N) is 6. The molecule has 1 fully saturated rings. The molecule has 0 spiro atoms. The van der Waals surface area contributed by atoms with E-state index in [0.29, 0.717) is 16.9 Å². The van der Waals surface area contributed by atoms with Gasteiger partial charge in [-0.05, 0) is 60.5 Å². The minimum absolute atomic E-state index is 0.0966. The number of rotatable bonds is 9. The highest BCUT2D eigenvalue weighted by atomic mass is 32.2. The predicted molar refractivity (Wildman–Crippen MR) is 165 cm³/mol. The molecule has 0 radical (unpaired) electrons. The van der Waals surface area contributed by atoms with Crippen molar-refractivity contribution in [2.24, 2.45) is 4.99 Å². The molecule has 3 amide bonds. The molecule has 4 aromatic rings. The number of halogens is 4. The van der Waals surface area contributed by atoms with E-state index >= 15 is 4.39 Å². The first kappa shape index (κ1) is 32.4. The molecular weight excluding hydrogens is 630 g/mol. The van der Waals surface area contributed by atoms with Gasteiger partial charge in [-0.2, -0.15) is 9.98 Å². The van der Waals surface area contributed by atoms with E-state index < -0.39 is 18.2 Å². The Hall–Kier alpha value is -4.96. The third-order valence-corrected chi connectivity index (χ3v) is 7.52. The molecule has 3 aromatic carbocycles. The average molecular weight is 658 g/mol. The van der Waals surface area contributed by atoms with Crippen molar-refractivity contribution in [2.45, 2.75) is 26.4 Å². The predicted octanol–water partition coefficient (Wildman–Crippen LogP) is 6.06. The van der Waals surface area contributed by atoms with Crippen LogP contribution in [0.25, 0.3) is 5.69 Å². The van der Waals surface area contributed by atoms with Gasteiger partial charge in [0.2, 0.25) is 11.9 Å². The summed E-state index contributed by atoms with van der Waals surface area (Å²) in [7, 11) is 3.23. The van der Waals surface area contributed by atoms with E-state index in [-0.39, 0.29) is 47.4 Å². The maximum atomic E-state index is 15.0. The molecule has 0 bridgehead atoms. The van der Waals surface area contributed by atoms with Crippen LogP contribution >= 0.6 is 11.8 Å². The van der Waals surface area contributed by atoms with Crippen molar-refractivity contribution in [3.63, 3.8) is 0 Å². The summed E-state index contributed by atoms with van der Waals surface area (Å²) in [5.41, 5.74) is 3.12. The molecule has 0 atom stereocenters. The molecule has 1 aliphatic heterocycles. The third-order valence-electron chi connectivity index (χ3n) is 6.60. The van der Waals surface area contributed by atoms with Gasteiger partial charge < -0.3 is 19.7 Å². The first-order chi connectivity index (χ1) is 21.9. The van der Waals surface area contributed by atoms with Gasteiger partial charge in [0.1, 0.15) is 17.9 Å². The summed E-state index contributed by atoms with van der Waals surface area (Å²) in [5.74, 6) is -0.936. The second-order valence-corrected chi connectivity index (χ2v) is 11.1. The van der Waals surface area contributed by atoms with E-state index in [4.69, 9.17) is 4.74 Å². The Morgan fingerprint density at radius 1 is 1.13 bits per heavy atom. The zero-order valence-corrected chi connectivity index (χ0v) is 25.5. The molecule has 11 nitrogen and oxygen atoms in total. The Morgan fingerprint density at radius 3 is 2.59 bits per heavy atom. The number of aromatic nitrogens is 3. The van der Waals surface area contributed by atoms with Crippen molar-refractivity contribution in [1.29, 1.82) is 0 Å². The highest BCUT2D eigenvalue weighted by Crippen LogP contribution is 2.31. The number of nitrogens with one attached hydrogen (secondary N) is 1. The quantitative estimate of drug-likeness (QED) is 0.216. The Bertz CT molecular complexity index is 1780. The Morgan fingerprint density at radius 2 is 1.89 bits per heavy atom. The summed E-state index contributed by atoms with van der Waals surface area (Å²) in [6.07, 6.45) is -3.40. The Balaban J connectivity index is 1.23. The third kappa shape index (κ3) is 7.81. The fourth-order valence-corrected chi connectivity index (χ4v) is 5.39. The molecule has 240 valence electrons. The van der Waals surface area contributed by atoms with Crippen molar-refractivity contribution in [3.8, 4) is 11.4 Å². The number of methoxy groups -OCH3 is 1. The van der Waals surface area contributed by atoms with Crippen LogP contribution in [0.5, 0.6) is 5.75 Å². The van der Waals surface area contributed by atoms with Crippen LogP contribution in [0.15, 0.2) is 72.0 Å². The highest BCUT2D eigenvalue weighted by molar-refractivity contribution is 8.15. The van der Waals surface area contributed by atoms with Gasteiger partial charge in [0.05, 0.1) is 29.4 Å². The van der Waals surface area contributed by atoms with E-state index in [1.807, 2.05) is 25.1 Å². The second kappa shape index (κ2) is 13.6. The molecule has 1 saturated heterocycles. The number of hydrogen-bond donors (Lipinski definition) is 1. The zero-order chi connectivity index (χ0) is 33.0. The summed E-state index contributed by atoms with van der Waals surface area (Å²) < 4.78 is 62.8. The van der Waals surface area contributed by atoms with Gasteiger partial charge in [0, 0.05) is 26.3 Å². The summed E-state index contributed by atoms with van der Waals surface area (Å²) in [6.45, 7) is 2.34. The lowest BCUT2D eigenvalue weighted by Gasteiger charge is -2.20. The smallest absolute Gasteiger partial charge is 0.406 e. The van der Waals surface area contributed by atoms with Crippen LogP contribution in [0.1, 0.15) is 16.7 Å². The number of carbonyl (C=O) groups excluding carboxylic acids is 2. The fraction of sp³-hybridized carbons (Fsp3) is 0.233. The van der Waals surface area contributed by atoms with Crippen LogP contribution in [0, 0.1) is 12.7 Å². The molecule has 1 aliphatic rings. The van der Waals surface area contributed by atoms with Crippen LogP contribution in [0.2, 0.25) is 0 Å². The fourth-order valence-electron chi connectivity index (χ4n) is 4.53. The highest BCUT2D eigenvalue weighted by Gasteiger charge is 2.32. The first-order valence-electron chi connectivity index (χ1n) is 13.6. The van der Waals surface area contributed by atoms with E-state index in [1.165, 1.54) is 40.2 Å². The topological polar surface area (TPSA) is 114 Å². The largest absolute Gasteiger partial charge is 0.573 e. The number of amides is 3. The maximum Gasteiger partial charge on any atom is 0.573 e. The van der Waals surface area contributed by atoms with Crippen molar-refractivity contribution >= 4 is 46.2 Å². The van der Waals surface area contributed by atoms with Gasteiger partial charge in [-0.25, -0.2) is 13.9 Å².